The van der Waals surface area contributed by atoms with Gasteiger partial charge in [-0.25, -0.2) is 4.98 Å². The Hall–Kier alpha value is -0.540. The summed E-state index contributed by atoms with van der Waals surface area (Å²) >= 11 is 1.94. The van der Waals surface area contributed by atoms with Crippen LogP contribution >= 0.6 is 11.8 Å². The number of pyridine rings is 1. The second kappa shape index (κ2) is 6.41. The van der Waals surface area contributed by atoms with E-state index in [1.165, 1.54) is 32.1 Å². The number of hydrogen-bond donors (Lipinski definition) is 1. The number of nitrogens with zero attached hydrogens (tertiary/aromatic N) is 1. The van der Waals surface area contributed by atoms with Crippen LogP contribution in [0.3, 0.4) is 0 Å². The van der Waals surface area contributed by atoms with E-state index < -0.39 is 0 Å². The fourth-order valence-corrected chi connectivity index (χ4v) is 3.44. The molecule has 3 heteroatoms. The summed E-state index contributed by atoms with van der Waals surface area (Å²) in [6.07, 6.45) is 9.79. The second-order valence-electron chi connectivity index (χ2n) is 4.82. The number of aromatic nitrogens is 1. The molecule has 1 fully saturated rings. The lowest BCUT2D eigenvalue weighted by Gasteiger charge is -2.20. The molecule has 2 rings (SSSR count). The van der Waals surface area contributed by atoms with Gasteiger partial charge in [-0.3, -0.25) is 0 Å². The second-order valence-corrected chi connectivity index (χ2v) is 6.14. The Morgan fingerprint density at radius 2 is 2.12 bits per heavy atom. The average molecular weight is 250 g/mol. The Kier molecular flexibility index (Phi) is 4.86. The van der Waals surface area contributed by atoms with Gasteiger partial charge in [-0.15, -0.1) is 11.8 Å². The van der Waals surface area contributed by atoms with Crippen molar-refractivity contribution in [2.75, 3.05) is 0 Å². The molecule has 0 unspecified atom stereocenters. The number of nitrogens with two attached hydrogens (primary N) is 1. The molecule has 0 aliphatic heterocycles. The highest BCUT2D eigenvalue weighted by molar-refractivity contribution is 7.99. The van der Waals surface area contributed by atoms with E-state index in [0.717, 1.165) is 22.3 Å². The van der Waals surface area contributed by atoms with E-state index in [2.05, 4.69) is 24.0 Å². The minimum absolute atomic E-state index is 0.135. The first-order chi connectivity index (χ1) is 8.29. The molecule has 2 N–H and O–H groups in total. The first-order valence-corrected chi connectivity index (χ1v) is 7.55. The smallest absolute Gasteiger partial charge is 0.0962 e. The average Bonchev–Trinajstić information content (AvgIpc) is 2.40. The van der Waals surface area contributed by atoms with Crippen molar-refractivity contribution in [3.05, 3.63) is 23.9 Å². The molecule has 1 saturated carbocycles. The number of thioether (sulfide) groups is 1. The molecule has 1 aliphatic rings. The molecule has 0 spiro atoms. The predicted octanol–water partition coefficient (Wildman–Crippen LogP) is 3.92. The van der Waals surface area contributed by atoms with Crippen LogP contribution < -0.4 is 5.73 Å². The fraction of sp³-hybridized carbons (Fsp3) is 0.643. The molecular weight excluding hydrogens is 228 g/mol. The summed E-state index contributed by atoms with van der Waals surface area (Å²) in [5.41, 5.74) is 7.14. The van der Waals surface area contributed by atoms with E-state index in [9.17, 15) is 0 Å². The van der Waals surface area contributed by atoms with Crippen LogP contribution in [0.25, 0.3) is 0 Å². The number of rotatable bonds is 4. The predicted molar refractivity (Wildman–Crippen MR) is 74.2 cm³/mol. The minimum Gasteiger partial charge on any atom is -0.324 e. The van der Waals surface area contributed by atoms with Crippen molar-refractivity contribution in [2.45, 2.75) is 61.8 Å². The molecular formula is C14H22N2S. The van der Waals surface area contributed by atoms with Gasteiger partial charge in [-0.2, -0.15) is 0 Å². The zero-order chi connectivity index (χ0) is 12.1. The molecule has 2 nitrogen and oxygen atoms in total. The summed E-state index contributed by atoms with van der Waals surface area (Å²) in [5.74, 6) is 0. The molecule has 1 aromatic heterocycles. The maximum absolute atomic E-state index is 5.98. The summed E-state index contributed by atoms with van der Waals surface area (Å²) in [6, 6.07) is 4.40. The van der Waals surface area contributed by atoms with Crippen molar-refractivity contribution < 1.29 is 0 Å². The van der Waals surface area contributed by atoms with E-state index in [1.54, 1.807) is 0 Å². The molecule has 94 valence electrons. The van der Waals surface area contributed by atoms with Gasteiger partial charge in [0.05, 0.1) is 5.03 Å². The van der Waals surface area contributed by atoms with Gasteiger partial charge in [-0.1, -0.05) is 32.3 Å². The first-order valence-electron chi connectivity index (χ1n) is 6.67. The molecule has 17 heavy (non-hydrogen) atoms. The maximum atomic E-state index is 5.98. The van der Waals surface area contributed by atoms with Crippen LogP contribution in [0.4, 0.5) is 0 Å². The summed E-state index contributed by atoms with van der Waals surface area (Å²) < 4.78 is 0. The van der Waals surface area contributed by atoms with Gasteiger partial charge in [-0.05, 0) is 30.9 Å². The molecule has 0 bridgehead atoms. The molecule has 0 amide bonds. The van der Waals surface area contributed by atoms with Crippen molar-refractivity contribution in [1.82, 2.24) is 4.98 Å². The monoisotopic (exact) mass is 250 g/mol. The lowest BCUT2D eigenvalue weighted by molar-refractivity contribution is 0.515. The van der Waals surface area contributed by atoms with E-state index in [4.69, 9.17) is 5.73 Å². The van der Waals surface area contributed by atoms with Crippen molar-refractivity contribution in [3.8, 4) is 0 Å². The summed E-state index contributed by atoms with van der Waals surface area (Å²) in [6.45, 7) is 2.11. The third-order valence-electron chi connectivity index (χ3n) is 3.47. The van der Waals surface area contributed by atoms with Crippen molar-refractivity contribution >= 4 is 11.8 Å². The fourth-order valence-electron chi connectivity index (χ4n) is 2.27. The van der Waals surface area contributed by atoms with Gasteiger partial charge in [0, 0.05) is 17.5 Å². The Labute approximate surface area is 108 Å². The standard InChI is InChI=1S/C14H22N2S/c1-2-13(15)11-8-9-14(16-10-11)17-12-6-4-3-5-7-12/h8-10,12-13H,2-7,15H2,1H3/t13-/m0/s1. The largest absolute Gasteiger partial charge is 0.324 e. The normalized spacial score (nSPS) is 19.2. The zero-order valence-electron chi connectivity index (χ0n) is 10.6. The lowest BCUT2D eigenvalue weighted by atomic mass is 10.0. The van der Waals surface area contributed by atoms with Crippen molar-refractivity contribution in [1.29, 1.82) is 0 Å². The molecule has 1 aromatic rings. The minimum atomic E-state index is 0.135. The Bertz CT molecular complexity index is 331. The van der Waals surface area contributed by atoms with Crippen LogP contribution in [-0.2, 0) is 0 Å². The summed E-state index contributed by atoms with van der Waals surface area (Å²) in [4.78, 5) is 4.52. The summed E-state index contributed by atoms with van der Waals surface area (Å²) in [7, 11) is 0. The topological polar surface area (TPSA) is 38.9 Å². The Balaban J connectivity index is 1.93. The molecule has 0 aromatic carbocycles. The van der Waals surface area contributed by atoms with Gasteiger partial charge in [0.15, 0.2) is 0 Å². The van der Waals surface area contributed by atoms with Gasteiger partial charge in [0.25, 0.3) is 0 Å². The lowest BCUT2D eigenvalue weighted by Crippen LogP contribution is -2.10. The first kappa shape index (κ1) is 12.9. The van der Waals surface area contributed by atoms with Crippen LogP contribution in [0.15, 0.2) is 23.4 Å². The van der Waals surface area contributed by atoms with Crippen LogP contribution in [-0.4, -0.2) is 10.2 Å². The molecule has 1 atom stereocenters. The highest BCUT2D eigenvalue weighted by atomic mass is 32.2. The van der Waals surface area contributed by atoms with Crippen LogP contribution in [0.2, 0.25) is 0 Å². The molecule has 1 aliphatic carbocycles. The van der Waals surface area contributed by atoms with Crippen molar-refractivity contribution in [2.24, 2.45) is 5.73 Å². The van der Waals surface area contributed by atoms with Gasteiger partial charge < -0.3 is 5.73 Å². The van der Waals surface area contributed by atoms with Gasteiger partial charge >= 0.3 is 0 Å². The van der Waals surface area contributed by atoms with Crippen molar-refractivity contribution in [3.63, 3.8) is 0 Å². The Morgan fingerprint density at radius 1 is 1.35 bits per heavy atom. The van der Waals surface area contributed by atoms with E-state index >= 15 is 0 Å². The number of hydrogen-bond acceptors (Lipinski definition) is 3. The maximum Gasteiger partial charge on any atom is 0.0962 e. The molecule has 0 saturated heterocycles. The van der Waals surface area contributed by atoms with E-state index in [1.807, 2.05) is 18.0 Å². The van der Waals surface area contributed by atoms with E-state index in [0.29, 0.717) is 0 Å². The SMILES string of the molecule is CC[C@H](N)c1ccc(SC2CCCCC2)nc1. The summed E-state index contributed by atoms with van der Waals surface area (Å²) in [5, 5.41) is 1.94. The zero-order valence-corrected chi connectivity index (χ0v) is 11.4. The molecule has 0 radical (unpaired) electrons. The van der Waals surface area contributed by atoms with Crippen LogP contribution in [0.5, 0.6) is 0 Å². The van der Waals surface area contributed by atoms with Crippen LogP contribution in [0, 0.1) is 0 Å². The third kappa shape index (κ3) is 3.71. The van der Waals surface area contributed by atoms with Gasteiger partial charge in [0.1, 0.15) is 0 Å². The Morgan fingerprint density at radius 3 is 2.71 bits per heavy atom. The third-order valence-corrected chi connectivity index (χ3v) is 4.75. The van der Waals surface area contributed by atoms with Crippen LogP contribution in [0.1, 0.15) is 57.1 Å². The molecule has 1 heterocycles. The van der Waals surface area contributed by atoms with E-state index in [-0.39, 0.29) is 6.04 Å². The highest BCUT2D eigenvalue weighted by Gasteiger charge is 2.15. The van der Waals surface area contributed by atoms with Gasteiger partial charge in [0.2, 0.25) is 0 Å². The quantitative estimate of drug-likeness (QED) is 0.880. The highest BCUT2D eigenvalue weighted by Crippen LogP contribution is 2.32.